The lowest BCUT2D eigenvalue weighted by Crippen LogP contribution is -2.49. The van der Waals surface area contributed by atoms with Gasteiger partial charge in [-0.05, 0) is 43.8 Å². The molecule has 2 heterocycles. The number of rotatable bonds is 3. The van der Waals surface area contributed by atoms with Gasteiger partial charge in [0.25, 0.3) is 5.91 Å². The molecule has 106 valence electrons. The van der Waals surface area contributed by atoms with Crippen molar-refractivity contribution in [3.05, 3.63) is 19.2 Å². The van der Waals surface area contributed by atoms with Gasteiger partial charge in [0.15, 0.2) is 0 Å². The number of carbonyl (C=O) groups excluding carboxylic acids is 1. The number of halogens is 2. The van der Waals surface area contributed by atoms with Gasteiger partial charge < -0.3 is 4.90 Å². The lowest BCUT2D eigenvalue weighted by molar-refractivity contribution is 0.0628. The Hall–Kier alpha value is 0.0900. The van der Waals surface area contributed by atoms with Crippen LogP contribution in [0.3, 0.4) is 0 Å². The molecular weight excluding hydrogens is 392 g/mol. The summed E-state index contributed by atoms with van der Waals surface area (Å²) >= 11 is 8.36. The predicted octanol–water partition coefficient (Wildman–Crippen LogP) is 3.69. The zero-order chi connectivity index (χ0) is 14.0. The Morgan fingerprint density at radius 1 is 1.32 bits per heavy atom. The van der Waals surface area contributed by atoms with E-state index in [0.717, 1.165) is 45.9 Å². The molecule has 1 saturated heterocycles. The van der Waals surface area contributed by atoms with Crippen LogP contribution in [0.15, 0.2) is 14.3 Å². The van der Waals surface area contributed by atoms with Crippen LogP contribution >= 0.6 is 43.2 Å². The number of amides is 1. The van der Waals surface area contributed by atoms with Crippen molar-refractivity contribution in [1.82, 2.24) is 9.80 Å². The first-order valence-electron chi connectivity index (χ1n) is 6.44. The lowest BCUT2D eigenvalue weighted by Gasteiger charge is -2.35. The number of carbonyl (C=O) groups is 1. The monoisotopic (exact) mass is 408 g/mol. The zero-order valence-electron chi connectivity index (χ0n) is 11.2. The summed E-state index contributed by atoms with van der Waals surface area (Å²) in [5.41, 5.74) is 0. The smallest absolute Gasteiger partial charge is 0.264 e. The Labute approximate surface area is 135 Å². The highest BCUT2D eigenvalue weighted by molar-refractivity contribution is 9.13. The van der Waals surface area contributed by atoms with Crippen LogP contribution in [0.2, 0.25) is 0 Å². The molecule has 0 unspecified atom stereocenters. The molecule has 0 radical (unpaired) electrons. The molecule has 0 saturated carbocycles. The summed E-state index contributed by atoms with van der Waals surface area (Å²) in [5, 5.41) is 0. The van der Waals surface area contributed by atoms with Gasteiger partial charge in [-0.25, -0.2) is 0 Å². The normalized spacial score (nSPS) is 17.2. The minimum atomic E-state index is 0.153. The van der Waals surface area contributed by atoms with Crippen LogP contribution in [0.25, 0.3) is 0 Å². The predicted molar refractivity (Wildman–Crippen MR) is 86.9 cm³/mol. The van der Waals surface area contributed by atoms with Gasteiger partial charge in [0.2, 0.25) is 0 Å². The Balaban J connectivity index is 1.92. The number of hydrogen-bond donors (Lipinski definition) is 0. The highest BCUT2D eigenvalue weighted by Crippen LogP contribution is 2.33. The van der Waals surface area contributed by atoms with Gasteiger partial charge in [-0.2, -0.15) is 0 Å². The van der Waals surface area contributed by atoms with Crippen LogP contribution in [0.4, 0.5) is 0 Å². The molecule has 6 heteroatoms. The van der Waals surface area contributed by atoms with Crippen molar-refractivity contribution in [1.29, 1.82) is 0 Å². The van der Waals surface area contributed by atoms with Crippen molar-refractivity contribution in [2.45, 2.75) is 13.8 Å². The topological polar surface area (TPSA) is 23.6 Å². The molecule has 3 nitrogen and oxygen atoms in total. The van der Waals surface area contributed by atoms with Crippen LogP contribution in [0.1, 0.15) is 23.5 Å². The fourth-order valence-corrected chi connectivity index (χ4v) is 4.26. The molecule has 0 atom stereocenters. The average molecular weight is 410 g/mol. The first kappa shape index (κ1) is 15.5. The molecule has 1 aliphatic heterocycles. The van der Waals surface area contributed by atoms with E-state index < -0.39 is 0 Å². The maximum atomic E-state index is 12.4. The summed E-state index contributed by atoms with van der Waals surface area (Å²) in [6.45, 7) is 9.22. The van der Waals surface area contributed by atoms with Gasteiger partial charge in [0.05, 0.1) is 8.66 Å². The van der Waals surface area contributed by atoms with Gasteiger partial charge in [0, 0.05) is 37.2 Å². The van der Waals surface area contributed by atoms with Crippen LogP contribution in [0.5, 0.6) is 0 Å². The molecule has 1 fully saturated rings. The van der Waals surface area contributed by atoms with E-state index in [4.69, 9.17) is 0 Å². The molecule has 0 spiro atoms. The molecule has 1 aromatic heterocycles. The van der Waals surface area contributed by atoms with E-state index in [1.807, 2.05) is 11.0 Å². The van der Waals surface area contributed by atoms with Crippen molar-refractivity contribution >= 4 is 49.1 Å². The zero-order valence-corrected chi connectivity index (χ0v) is 15.1. The molecule has 1 amide bonds. The molecule has 0 aliphatic carbocycles. The van der Waals surface area contributed by atoms with E-state index in [1.54, 1.807) is 0 Å². The molecule has 19 heavy (non-hydrogen) atoms. The van der Waals surface area contributed by atoms with E-state index >= 15 is 0 Å². The molecule has 0 bridgehead atoms. The molecule has 1 aromatic rings. The van der Waals surface area contributed by atoms with Crippen molar-refractivity contribution in [2.24, 2.45) is 5.92 Å². The first-order valence-corrected chi connectivity index (χ1v) is 8.84. The third kappa shape index (κ3) is 4.03. The molecule has 0 aromatic carbocycles. The second-order valence-electron chi connectivity index (χ2n) is 5.22. The first-order chi connectivity index (χ1) is 8.97. The van der Waals surface area contributed by atoms with E-state index in [0.29, 0.717) is 5.92 Å². The number of hydrogen-bond acceptors (Lipinski definition) is 3. The summed E-state index contributed by atoms with van der Waals surface area (Å²) in [7, 11) is 0. The largest absolute Gasteiger partial charge is 0.335 e. The third-order valence-corrected chi connectivity index (χ3v) is 6.38. The minimum absolute atomic E-state index is 0.153. The van der Waals surface area contributed by atoms with Crippen molar-refractivity contribution in [3.8, 4) is 0 Å². The summed E-state index contributed by atoms with van der Waals surface area (Å²) in [6.07, 6.45) is 0. The van der Waals surface area contributed by atoms with E-state index in [1.165, 1.54) is 11.3 Å². The maximum Gasteiger partial charge on any atom is 0.264 e. The minimum Gasteiger partial charge on any atom is -0.335 e. The Kier molecular flexibility index (Phi) is 5.45. The Morgan fingerprint density at radius 3 is 2.42 bits per heavy atom. The highest BCUT2D eigenvalue weighted by Gasteiger charge is 2.24. The van der Waals surface area contributed by atoms with Gasteiger partial charge in [0.1, 0.15) is 0 Å². The molecule has 1 aliphatic rings. The quantitative estimate of drug-likeness (QED) is 0.759. The van der Waals surface area contributed by atoms with Crippen molar-refractivity contribution in [3.63, 3.8) is 0 Å². The van der Waals surface area contributed by atoms with Crippen LogP contribution in [-0.4, -0.2) is 48.4 Å². The van der Waals surface area contributed by atoms with Gasteiger partial charge in [-0.15, -0.1) is 11.3 Å². The fraction of sp³-hybridized carbons (Fsp3) is 0.615. The Morgan fingerprint density at radius 2 is 1.95 bits per heavy atom. The van der Waals surface area contributed by atoms with Gasteiger partial charge in [-0.1, -0.05) is 13.8 Å². The lowest BCUT2D eigenvalue weighted by atomic mass is 10.2. The second kappa shape index (κ2) is 6.70. The molecule has 0 N–H and O–H groups in total. The summed E-state index contributed by atoms with van der Waals surface area (Å²) in [5.74, 6) is 0.840. The number of thiophene rings is 1. The second-order valence-corrected chi connectivity index (χ2v) is 8.44. The van der Waals surface area contributed by atoms with Crippen LogP contribution < -0.4 is 0 Å². The highest BCUT2D eigenvalue weighted by atomic mass is 79.9. The maximum absolute atomic E-state index is 12.4. The Bertz CT molecular complexity index is 434. The fourth-order valence-electron chi connectivity index (χ4n) is 2.26. The van der Waals surface area contributed by atoms with E-state index in [9.17, 15) is 4.79 Å². The SMILES string of the molecule is CC(C)CN1CCN(C(=O)c2cc(Br)c(Br)s2)CC1. The van der Waals surface area contributed by atoms with E-state index in [2.05, 4.69) is 50.6 Å². The van der Waals surface area contributed by atoms with Gasteiger partial charge >= 0.3 is 0 Å². The standard InChI is InChI=1S/C13H18Br2N2OS/c1-9(2)8-16-3-5-17(6-4-16)13(18)11-7-10(14)12(15)19-11/h7,9H,3-6,8H2,1-2H3. The summed E-state index contributed by atoms with van der Waals surface area (Å²) in [6, 6.07) is 1.90. The average Bonchev–Trinajstić information content (AvgIpc) is 2.69. The van der Waals surface area contributed by atoms with E-state index in [-0.39, 0.29) is 5.91 Å². The van der Waals surface area contributed by atoms with Crippen LogP contribution in [-0.2, 0) is 0 Å². The van der Waals surface area contributed by atoms with Crippen molar-refractivity contribution < 1.29 is 4.79 Å². The molecule has 2 rings (SSSR count). The van der Waals surface area contributed by atoms with Crippen LogP contribution in [0, 0.1) is 5.92 Å². The number of piperazine rings is 1. The molecular formula is C13H18Br2N2OS. The third-order valence-electron chi connectivity index (χ3n) is 3.14. The van der Waals surface area contributed by atoms with Gasteiger partial charge in [-0.3, -0.25) is 9.69 Å². The summed E-state index contributed by atoms with van der Waals surface area (Å²) < 4.78 is 1.94. The van der Waals surface area contributed by atoms with Crippen molar-refractivity contribution in [2.75, 3.05) is 32.7 Å². The summed E-state index contributed by atoms with van der Waals surface area (Å²) in [4.78, 5) is 17.6. The number of nitrogens with zero attached hydrogens (tertiary/aromatic N) is 2.